The number of amides is 1. The molecule has 1 amide bonds. The van der Waals surface area contributed by atoms with E-state index in [-0.39, 0.29) is 12.1 Å². The number of hydrogen-bond acceptors (Lipinski definition) is 11. The summed E-state index contributed by atoms with van der Waals surface area (Å²) in [6, 6.07) is 22.8. The number of fused-ring (bicyclic) bond motifs is 1. The lowest BCUT2D eigenvalue weighted by Crippen LogP contribution is -2.38. The predicted molar refractivity (Wildman–Crippen MR) is 210 cm³/mol. The molecule has 1 aliphatic heterocycles. The molecule has 1 atom stereocenters. The summed E-state index contributed by atoms with van der Waals surface area (Å²) in [5, 5.41) is 10.7. The molecule has 1 unspecified atom stereocenters. The first-order valence-electron chi connectivity index (χ1n) is 18.4. The van der Waals surface area contributed by atoms with Crippen LogP contribution in [0.15, 0.2) is 77.3 Å². The molecule has 290 valence electrons. The van der Waals surface area contributed by atoms with Crippen LogP contribution in [-0.2, 0) is 0 Å². The molecule has 0 bridgehead atoms. The Balaban J connectivity index is 0.925. The van der Waals surface area contributed by atoms with Crippen molar-refractivity contribution in [3.05, 3.63) is 89.5 Å². The molecule has 5 aromatic rings. The first-order valence-corrected chi connectivity index (χ1v) is 18.4. The van der Waals surface area contributed by atoms with Gasteiger partial charge in [-0.05, 0) is 73.9 Å². The number of aromatic nitrogens is 1. The van der Waals surface area contributed by atoms with E-state index < -0.39 is 0 Å². The second-order valence-corrected chi connectivity index (χ2v) is 13.2. The van der Waals surface area contributed by atoms with Gasteiger partial charge in [0.25, 0.3) is 5.91 Å². The smallest absolute Gasteiger partial charge is 0.255 e. The van der Waals surface area contributed by atoms with E-state index in [4.69, 9.17) is 37.7 Å². The molecule has 2 N–H and O–H groups in total. The van der Waals surface area contributed by atoms with E-state index in [0.717, 1.165) is 66.5 Å². The van der Waals surface area contributed by atoms with E-state index in [9.17, 15) is 4.79 Å². The van der Waals surface area contributed by atoms with Gasteiger partial charge in [0.15, 0.2) is 40.3 Å². The van der Waals surface area contributed by atoms with Gasteiger partial charge in [0.1, 0.15) is 11.9 Å². The number of para-hydroxylation sites is 1. The number of carbonyl (C=O) groups is 1. The number of aryl methyl sites for hydroxylation is 1. The largest absolute Gasteiger partial charge is 0.493 e. The lowest BCUT2D eigenvalue weighted by Gasteiger charge is -2.28. The Morgan fingerprint density at radius 1 is 0.618 bits per heavy atom. The van der Waals surface area contributed by atoms with E-state index in [1.54, 1.807) is 35.5 Å². The molecule has 1 aromatic heterocycles. The highest BCUT2D eigenvalue weighted by molar-refractivity contribution is 6.02. The summed E-state index contributed by atoms with van der Waals surface area (Å²) >= 11 is 0. The fourth-order valence-electron chi connectivity index (χ4n) is 6.60. The highest BCUT2D eigenvalue weighted by Gasteiger charge is 2.26. The quantitative estimate of drug-likeness (QED) is 0.0784. The highest BCUT2D eigenvalue weighted by Crippen LogP contribution is 2.43. The monoisotopic (exact) mass is 751 g/mol. The third kappa shape index (κ3) is 9.02. The third-order valence-corrected chi connectivity index (χ3v) is 9.49. The Morgan fingerprint density at radius 3 is 1.96 bits per heavy atom. The van der Waals surface area contributed by atoms with Gasteiger partial charge in [0, 0.05) is 17.3 Å². The zero-order chi connectivity index (χ0) is 38.7. The topological polar surface area (TPSA) is 132 Å². The Kier molecular flexibility index (Phi) is 12.9. The number of unbranched alkanes of at least 4 members (excludes halogenated alkanes) is 5. The minimum absolute atomic E-state index is 0.103. The van der Waals surface area contributed by atoms with Crippen LogP contribution in [0.25, 0.3) is 22.6 Å². The molecule has 0 fully saturated rings. The van der Waals surface area contributed by atoms with E-state index in [1.165, 1.54) is 0 Å². The number of benzene rings is 4. The molecular weight excluding hydrogens is 702 g/mol. The lowest BCUT2D eigenvalue weighted by molar-refractivity contribution is 0.0935. The van der Waals surface area contributed by atoms with Crippen LogP contribution in [0.2, 0.25) is 0 Å². The number of anilines is 1. The normalized spacial score (nSPS) is 13.3. The molecule has 0 radical (unpaired) electrons. The fraction of sp³-hybridized carbons (Fsp3) is 0.349. The maximum absolute atomic E-state index is 12.7. The van der Waals surface area contributed by atoms with Crippen molar-refractivity contribution in [1.82, 2.24) is 10.5 Å². The molecule has 2 heterocycles. The maximum Gasteiger partial charge on any atom is 0.255 e. The second kappa shape index (κ2) is 18.3. The average molecular weight is 752 g/mol. The number of rotatable bonds is 19. The zero-order valence-corrected chi connectivity index (χ0v) is 32.3. The summed E-state index contributed by atoms with van der Waals surface area (Å²) < 4.78 is 45.9. The van der Waals surface area contributed by atoms with Crippen LogP contribution < -0.4 is 43.8 Å². The van der Waals surface area contributed by atoms with Crippen molar-refractivity contribution >= 4 is 11.6 Å². The molecule has 55 heavy (non-hydrogen) atoms. The van der Waals surface area contributed by atoms with Crippen molar-refractivity contribution in [2.24, 2.45) is 0 Å². The standard InChI is InChI=1S/C43H49N3O9/c1-27-16-18-32-31(22-27)43(47)45-42(44-32)28-17-19-34(37(23-28)48-2)53-20-11-9-7-8-10-12-21-54-35-15-13-14-30(40(35)51-5)36-26-33(46-55-36)29-24-38(49-3)41(52-6)39(25-29)50-4/h13-19,22-26,42,44H,7-12,20-21H2,1-6H3,(H,45,47). The fourth-order valence-corrected chi connectivity index (χ4v) is 6.60. The molecule has 12 nitrogen and oxygen atoms in total. The van der Waals surface area contributed by atoms with Gasteiger partial charge in [-0.1, -0.05) is 54.6 Å². The van der Waals surface area contributed by atoms with Crippen LogP contribution in [0.5, 0.6) is 40.2 Å². The van der Waals surface area contributed by atoms with Crippen molar-refractivity contribution in [3.8, 4) is 62.8 Å². The lowest BCUT2D eigenvalue weighted by atomic mass is 10.0. The molecular formula is C43H49N3O9. The van der Waals surface area contributed by atoms with Crippen molar-refractivity contribution < 1.29 is 42.5 Å². The number of methoxy groups -OCH3 is 5. The molecule has 0 aliphatic carbocycles. The van der Waals surface area contributed by atoms with Gasteiger partial charge < -0.3 is 48.3 Å². The van der Waals surface area contributed by atoms with Gasteiger partial charge in [-0.15, -0.1) is 0 Å². The zero-order valence-electron chi connectivity index (χ0n) is 32.3. The summed E-state index contributed by atoms with van der Waals surface area (Å²) in [6.07, 6.45) is 5.80. The molecule has 1 aliphatic rings. The Morgan fingerprint density at radius 2 is 1.29 bits per heavy atom. The highest BCUT2D eigenvalue weighted by atomic mass is 16.5. The number of hydrogen-bond donors (Lipinski definition) is 2. The summed E-state index contributed by atoms with van der Waals surface area (Å²) in [4.78, 5) is 12.7. The molecule has 12 heteroatoms. The summed E-state index contributed by atoms with van der Waals surface area (Å²) in [5.41, 5.74) is 5.48. The molecule has 0 spiro atoms. The van der Waals surface area contributed by atoms with Crippen molar-refractivity contribution in [1.29, 1.82) is 0 Å². The van der Waals surface area contributed by atoms with Gasteiger partial charge in [0.05, 0.1) is 59.9 Å². The summed E-state index contributed by atoms with van der Waals surface area (Å²) in [5.74, 6) is 4.53. The van der Waals surface area contributed by atoms with Crippen LogP contribution in [-0.4, -0.2) is 59.8 Å². The van der Waals surface area contributed by atoms with E-state index in [2.05, 4.69) is 15.8 Å². The Hall–Kier alpha value is -6.04. The minimum atomic E-state index is -0.362. The van der Waals surface area contributed by atoms with E-state index >= 15 is 0 Å². The first kappa shape index (κ1) is 38.7. The summed E-state index contributed by atoms with van der Waals surface area (Å²) in [7, 11) is 7.95. The maximum atomic E-state index is 12.7. The molecule has 0 saturated carbocycles. The number of nitrogens with one attached hydrogen (secondary N) is 2. The SMILES string of the molecule is COc1cc(C2NC(=O)c3cc(C)ccc3N2)ccc1OCCCCCCCCOc1cccc(-c2cc(-c3cc(OC)c(OC)c(OC)c3)no2)c1OC. The van der Waals surface area contributed by atoms with Crippen molar-refractivity contribution in [2.45, 2.75) is 51.6 Å². The molecule has 0 saturated heterocycles. The van der Waals surface area contributed by atoms with Crippen LogP contribution >= 0.6 is 0 Å². The van der Waals surface area contributed by atoms with Crippen LogP contribution in [0, 0.1) is 6.92 Å². The Labute approximate surface area is 322 Å². The Bertz CT molecular complexity index is 2050. The molecule has 6 rings (SSSR count). The number of nitrogens with zero attached hydrogens (tertiary/aromatic N) is 1. The van der Waals surface area contributed by atoms with Crippen LogP contribution in [0.1, 0.15) is 66.2 Å². The van der Waals surface area contributed by atoms with Gasteiger partial charge in [-0.25, -0.2) is 0 Å². The van der Waals surface area contributed by atoms with E-state index in [1.807, 2.05) is 79.7 Å². The van der Waals surface area contributed by atoms with Crippen LogP contribution in [0.4, 0.5) is 5.69 Å². The number of ether oxygens (including phenoxy) is 7. The van der Waals surface area contributed by atoms with Gasteiger partial charge >= 0.3 is 0 Å². The van der Waals surface area contributed by atoms with Crippen LogP contribution in [0.3, 0.4) is 0 Å². The van der Waals surface area contributed by atoms with Crippen molar-refractivity contribution in [3.63, 3.8) is 0 Å². The second-order valence-electron chi connectivity index (χ2n) is 13.2. The summed E-state index contributed by atoms with van der Waals surface area (Å²) in [6.45, 7) is 3.13. The first-order chi connectivity index (χ1) is 26.9. The van der Waals surface area contributed by atoms with Crippen molar-refractivity contribution in [2.75, 3.05) is 54.1 Å². The predicted octanol–water partition coefficient (Wildman–Crippen LogP) is 9.01. The van der Waals surface area contributed by atoms with Gasteiger partial charge in [-0.3, -0.25) is 4.79 Å². The number of carbonyl (C=O) groups excluding carboxylic acids is 1. The van der Waals surface area contributed by atoms with Gasteiger partial charge in [-0.2, -0.15) is 0 Å². The average Bonchev–Trinajstić information content (AvgIpc) is 3.71. The van der Waals surface area contributed by atoms with Gasteiger partial charge in [0.2, 0.25) is 5.75 Å². The minimum Gasteiger partial charge on any atom is -0.493 e. The van der Waals surface area contributed by atoms with E-state index in [0.29, 0.717) is 70.5 Å². The molecule has 4 aromatic carbocycles. The third-order valence-electron chi connectivity index (χ3n) is 9.49.